The first kappa shape index (κ1) is 16.5. The summed E-state index contributed by atoms with van der Waals surface area (Å²) in [5, 5.41) is 11.0. The fourth-order valence-corrected chi connectivity index (χ4v) is 2.19. The molecular weight excluding hydrogens is 324 g/mol. The molecule has 1 aromatic heterocycles. The molecule has 0 atom stereocenters. The lowest BCUT2D eigenvalue weighted by molar-refractivity contribution is -0.384. The van der Waals surface area contributed by atoms with Gasteiger partial charge < -0.3 is 16.2 Å². The Bertz CT molecular complexity index is 823. The van der Waals surface area contributed by atoms with Crippen molar-refractivity contribution in [3.63, 3.8) is 0 Å². The van der Waals surface area contributed by atoms with Gasteiger partial charge >= 0.3 is 5.97 Å². The predicted molar refractivity (Wildman–Crippen MR) is 86.2 cm³/mol. The summed E-state index contributed by atoms with van der Waals surface area (Å²) in [7, 11) is 1.18. The normalized spacial score (nSPS) is 10.4. The van der Waals surface area contributed by atoms with E-state index in [0.717, 1.165) is 0 Å². The monoisotopic (exact) mass is 336 g/mol. The number of rotatable bonds is 3. The number of nitro groups is 1. The molecule has 0 radical (unpaired) electrons. The van der Waals surface area contributed by atoms with Crippen molar-refractivity contribution in [1.29, 1.82) is 0 Å². The van der Waals surface area contributed by atoms with Crippen LogP contribution < -0.4 is 11.5 Å². The first-order chi connectivity index (χ1) is 10.8. The summed E-state index contributed by atoms with van der Waals surface area (Å²) in [5.74, 6) is -0.774. The molecule has 23 heavy (non-hydrogen) atoms. The fraction of sp³-hybridized carbons (Fsp3) is 0.143. The van der Waals surface area contributed by atoms with E-state index in [1.807, 2.05) is 0 Å². The lowest BCUT2D eigenvalue weighted by Gasteiger charge is -2.11. The number of carbonyl (C=O) groups excluding carboxylic acids is 1. The highest BCUT2D eigenvalue weighted by Gasteiger charge is 2.20. The summed E-state index contributed by atoms with van der Waals surface area (Å²) >= 11 is 5.95. The van der Waals surface area contributed by atoms with E-state index in [-0.39, 0.29) is 33.3 Å². The minimum Gasteiger partial charge on any atom is -0.464 e. The van der Waals surface area contributed by atoms with Gasteiger partial charge in [-0.3, -0.25) is 10.1 Å². The lowest BCUT2D eigenvalue weighted by Crippen LogP contribution is -2.08. The van der Waals surface area contributed by atoms with Gasteiger partial charge in [-0.15, -0.1) is 0 Å². The van der Waals surface area contributed by atoms with E-state index in [0.29, 0.717) is 11.3 Å². The molecule has 2 aromatic rings. The number of halogens is 1. The highest BCUT2D eigenvalue weighted by molar-refractivity contribution is 6.35. The van der Waals surface area contributed by atoms with E-state index >= 15 is 0 Å². The Balaban J connectivity index is 2.74. The average Bonchev–Trinajstić information content (AvgIpc) is 2.51. The van der Waals surface area contributed by atoms with Gasteiger partial charge in [0.2, 0.25) is 0 Å². The predicted octanol–water partition coefficient (Wildman–Crippen LogP) is 2.57. The maximum atomic E-state index is 11.7. The zero-order valence-corrected chi connectivity index (χ0v) is 13.0. The minimum absolute atomic E-state index is 0.0543. The Morgan fingerprint density at radius 3 is 2.57 bits per heavy atom. The molecule has 0 saturated heterocycles. The van der Waals surface area contributed by atoms with Crippen LogP contribution in [0.15, 0.2) is 18.2 Å². The van der Waals surface area contributed by atoms with Crippen LogP contribution in [-0.4, -0.2) is 23.0 Å². The summed E-state index contributed by atoms with van der Waals surface area (Å²) in [6, 6.07) is 4.00. The quantitative estimate of drug-likeness (QED) is 0.380. The van der Waals surface area contributed by atoms with Gasteiger partial charge in [-0.25, -0.2) is 9.78 Å². The minimum atomic E-state index is -0.774. The molecule has 1 aromatic carbocycles. The van der Waals surface area contributed by atoms with E-state index in [2.05, 4.69) is 9.72 Å². The number of carbonyl (C=O) groups is 1. The number of non-ortho nitro benzene ring substituents is 1. The molecule has 0 fully saturated rings. The van der Waals surface area contributed by atoms with Crippen molar-refractivity contribution in [1.82, 2.24) is 4.98 Å². The second-order valence-corrected chi connectivity index (χ2v) is 5.11. The molecule has 0 aliphatic rings. The number of nitrogens with two attached hydrogens (primary N) is 2. The third kappa shape index (κ3) is 3.02. The van der Waals surface area contributed by atoms with Crippen molar-refractivity contribution >= 4 is 34.6 Å². The van der Waals surface area contributed by atoms with Gasteiger partial charge in [-0.1, -0.05) is 11.6 Å². The molecule has 0 aliphatic carbocycles. The van der Waals surface area contributed by atoms with Crippen molar-refractivity contribution in [3.05, 3.63) is 44.6 Å². The summed E-state index contributed by atoms with van der Waals surface area (Å²) in [5.41, 5.74) is 12.8. The van der Waals surface area contributed by atoms with Crippen LogP contribution in [0.5, 0.6) is 0 Å². The highest BCUT2D eigenvalue weighted by Crippen LogP contribution is 2.35. The number of aromatic nitrogens is 1. The molecule has 0 aliphatic heterocycles. The van der Waals surface area contributed by atoms with Crippen LogP contribution in [0.3, 0.4) is 0 Å². The number of nitro benzene ring substituents is 1. The second-order valence-electron chi connectivity index (χ2n) is 4.73. The van der Waals surface area contributed by atoms with Gasteiger partial charge in [-0.05, 0) is 18.6 Å². The average molecular weight is 337 g/mol. The highest BCUT2D eigenvalue weighted by atomic mass is 35.5. The molecule has 0 bridgehead atoms. The molecule has 2 rings (SSSR count). The Labute approximate surface area is 136 Å². The Kier molecular flexibility index (Phi) is 4.37. The van der Waals surface area contributed by atoms with Crippen LogP contribution in [-0.2, 0) is 4.74 Å². The summed E-state index contributed by atoms with van der Waals surface area (Å²) < 4.78 is 4.60. The first-order valence-corrected chi connectivity index (χ1v) is 6.73. The largest absolute Gasteiger partial charge is 0.464 e. The molecule has 0 unspecified atom stereocenters. The number of hydrogen-bond donors (Lipinski definition) is 2. The van der Waals surface area contributed by atoms with E-state index in [4.69, 9.17) is 23.1 Å². The van der Waals surface area contributed by atoms with E-state index in [9.17, 15) is 14.9 Å². The Morgan fingerprint density at radius 1 is 1.35 bits per heavy atom. The number of hydrogen-bond acceptors (Lipinski definition) is 7. The molecule has 9 heteroatoms. The molecular formula is C14H13ClN4O4. The summed E-state index contributed by atoms with van der Waals surface area (Å²) in [6.07, 6.45) is 0. The molecule has 0 spiro atoms. The SMILES string of the molecule is COC(=O)c1nc(-c2cc([N+](=O)[O-])cc(C)c2N)cc(N)c1Cl. The zero-order valence-electron chi connectivity index (χ0n) is 12.3. The number of methoxy groups -OCH3 is 1. The third-order valence-electron chi connectivity index (χ3n) is 3.22. The molecule has 1 heterocycles. The molecule has 4 N–H and O–H groups in total. The van der Waals surface area contributed by atoms with Gasteiger partial charge in [0.1, 0.15) is 0 Å². The summed E-state index contributed by atoms with van der Waals surface area (Å²) in [4.78, 5) is 26.3. The maximum Gasteiger partial charge on any atom is 0.358 e. The van der Waals surface area contributed by atoms with E-state index in [1.165, 1.54) is 25.3 Å². The van der Waals surface area contributed by atoms with Crippen molar-refractivity contribution in [2.75, 3.05) is 18.6 Å². The molecule has 120 valence electrons. The number of esters is 1. The lowest BCUT2D eigenvalue weighted by atomic mass is 10.0. The molecule has 0 amide bonds. The van der Waals surface area contributed by atoms with Crippen molar-refractivity contribution < 1.29 is 14.5 Å². The standard InChI is InChI=1S/C14H13ClN4O4/c1-6-3-7(19(21)22)4-8(12(6)17)10-5-9(16)11(15)13(18-10)14(20)23-2/h3-5H,17H2,1-2H3,(H2,16,18). The first-order valence-electron chi connectivity index (χ1n) is 6.35. The van der Waals surface area contributed by atoms with Crippen LogP contribution >= 0.6 is 11.6 Å². The Morgan fingerprint density at radius 2 is 2.00 bits per heavy atom. The van der Waals surface area contributed by atoms with Crippen LogP contribution in [0.1, 0.15) is 16.1 Å². The third-order valence-corrected chi connectivity index (χ3v) is 3.62. The van der Waals surface area contributed by atoms with Crippen molar-refractivity contribution in [2.24, 2.45) is 0 Å². The Hall–Kier alpha value is -2.87. The number of anilines is 2. The van der Waals surface area contributed by atoms with Gasteiger partial charge in [0.25, 0.3) is 5.69 Å². The number of nitrogens with zero attached hydrogens (tertiary/aromatic N) is 2. The number of pyridine rings is 1. The van der Waals surface area contributed by atoms with Gasteiger partial charge in [-0.2, -0.15) is 0 Å². The van der Waals surface area contributed by atoms with Gasteiger partial charge in [0.05, 0.1) is 28.4 Å². The van der Waals surface area contributed by atoms with Crippen molar-refractivity contribution in [3.8, 4) is 11.3 Å². The number of nitrogen functional groups attached to an aromatic ring is 2. The van der Waals surface area contributed by atoms with Crippen LogP contribution in [0.4, 0.5) is 17.1 Å². The zero-order chi connectivity index (χ0) is 17.3. The van der Waals surface area contributed by atoms with Crippen LogP contribution in [0.2, 0.25) is 5.02 Å². The molecule has 0 saturated carbocycles. The molecule has 8 nitrogen and oxygen atoms in total. The van der Waals surface area contributed by atoms with Crippen LogP contribution in [0, 0.1) is 17.0 Å². The van der Waals surface area contributed by atoms with E-state index < -0.39 is 10.9 Å². The number of ether oxygens (including phenoxy) is 1. The van der Waals surface area contributed by atoms with Gasteiger partial charge in [0, 0.05) is 23.4 Å². The fourth-order valence-electron chi connectivity index (χ4n) is 2.02. The maximum absolute atomic E-state index is 11.7. The van der Waals surface area contributed by atoms with Gasteiger partial charge in [0.15, 0.2) is 5.69 Å². The van der Waals surface area contributed by atoms with E-state index in [1.54, 1.807) is 6.92 Å². The number of benzene rings is 1. The smallest absolute Gasteiger partial charge is 0.358 e. The van der Waals surface area contributed by atoms with Crippen molar-refractivity contribution in [2.45, 2.75) is 6.92 Å². The second kappa shape index (κ2) is 6.09. The topological polar surface area (TPSA) is 134 Å². The summed E-state index contributed by atoms with van der Waals surface area (Å²) in [6.45, 7) is 1.63. The number of aryl methyl sites for hydroxylation is 1. The van der Waals surface area contributed by atoms with Crippen LogP contribution in [0.25, 0.3) is 11.3 Å².